The lowest BCUT2D eigenvalue weighted by Crippen LogP contribution is -2.17. The van der Waals surface area contributed by atoms with E-state index in [-0.39, 0.29) is 11.7 Å². The molecule has 0 aliphatic carbocycles. The van der Waals surface area contributed by atoms with Crippen molar-refractivity contribution in [3.63, 3.8) is 0 Å². The maximum absolute atomic E-state index is 11.9. The summed E-state index contributed by atoms with van der Waals surface area (Å²) >= 11 is -0.402. The molecule has 0 spiro atoms. The number of aromatic nitrogens is 4. The van der Waals surface area contributed by atoms with Crippen LogP contribution in [0, 0.1) is 13.8 Å². The summed E-state index contributed by atoms with van der Waals surface area (Å²) in [5.74, 6) is 0.443. The number of sulfone groups is 1. The van der Waals surface area contributed by atoms with Gasteiger partial charge in [0.05, 0.1) is 12.0 Å². The average molecular weight is 407 g/mol. The molecule has 0 N–H and O–H groups in total. The number of rotatable bonds is 10. The van der Waals surface area contributed by atoms with Gasteiger partial charge in [-0.1, -0.05) is 6.58 Å². The minimum atomic E-state index is -3.44. The number of nitrogens with zero attached hydrogens (tertiary/aromatic N) is 4. The molecule has 0 saturated heterocycles. The van der Waals surface area contributed by atoms with E-state index in [1.165, 1.54) is 11.8 Å². The zero-order valence-corrected chi connectivity index (χ0v) is 16.2. The number of hydrogen-bond donors (Lipinski definition) is 0. The van der Waals surface area contributed by atoms with Crippen LogP contribution in [0.2, 0.25) is 0 Å². The van der Waals surface area contributed by atoms with Crippen molar-refractivity contribution in [1.82, 2.24) is 19.6 Å². The highest BCUT2D eigenvalue weighted by molar-refractivity contribution is 8.00. The standard InChI is InChI=1S/C13H18N4O5S3/c1-4-22-24(18)8-21-9-25(19,20)6-5-23-12-7-10(2)14-13-15-11(3)16-17(12)13/h4,7H,1,5-6,8-9H2,2-3H3. The van der Waals surface area contributed by atoms with Gasteiger partial charge in [0.15, 0.2) is 15.8 Å². The van der Waals surface area contributed by atoms with Gasteiger partial charge < -0.3 is 8.92 Å². The monoisotopic (exact) mass is 406 g/mol. The van der Waals surface area contributed by atoms with Crippen molar-refractivity contribution >= 4 is 38.5 Å². The van der Waals surface area contributed by atoms with E-state index in [0.29, 0.717) is 17.4 Å². The predicted molar refractivity (Wildman–Crippen MR) is 95.0 cm³/mol. The van der Waals surface area contributed by atoms with Crippen molar-refractivity contribution in [3.05, 3.63) is 30.4 Å². The minimum absolute atomic E-state index is 0.0941. The summed E-state index contributed by atoms with van der Waals surface area (Å²) in [4.78, 5) is 8.48. The van der Waals surface area contributed by atoms with Gasteiger partial charge in [-0.3, -0.25) is 0 Å². The van der Waals surface area contributed by atoms with E-state index >= 15 is 0 Å². The Bertz CT molecular complexity index is 881. The Morgan fingerprint density at radius 3 is 2.88 bits per heavy atom. The molecule has 12 heteroatoms. The van der Waals surface area contributed by atoms with E-state index in [1.54, 1.807) is 11.4 Å². The van der Waals surface area contributed by atoms with Crippen molar-refractivity contribution in [1.29, 1.82) is 0 Å². The lowest BCUT2D eigenvalue weighted by Gasteiger charge is -2.07. The molecule has 0 bridgehead atoms. The number of aryl methyl sites for hydroxylation is 2. The first-order valence-corrected chi connectivity index (χ1v) is 11.1. The van der Waals surface area contributed by atoms with Crippen LogP contribution in [0.3, 0.4) is 0 Å². The largest absolute Gasteiger partial charge is 0.407 e. The van der Waals surface area contributed by atoms with Crippen LogP contribution >= 0.6 is 11.8 Å². The van der Waals surface area contributed by atoms with Gasteiger partial charge in [0.25, 0.3) is 5.78 Å². The summed E-state index contributed by atoms with van der Waals surface area (Å²) < 4.78 is 46.1. The Hall–Kier alpha value is -1.50. The highest BCUT2D eigenvalue weighted by Crippen LogP contribution is 2.19. The molecule has 2 aromatic rings. The zero-order chi connectivity index (χ0) is 18.4. The van der Waals surface area contributed by atoms with E-state index in [1.807, 2.05) is 13.0 Å². The van der Waals surface area contributed by atoms with Crippen molar-refractivity contribution in [2.45, 2.75) is 18.9 Å². The first-order valence-electron chi connectivity index (χ1n) is 7.09. The molecule has 2 heterocycles. The van der Waals surface area contributed by atoms with Gasteiger partial charge in [-0.05, 0) is 19.9 Å². The van der Waals surface area contributed by atoms with Crippen LogP contribution in [-0.2, 0) is 29.8 Å². The van der Waals surface area contributed by atoms with Crippen LogP contribution < -0.4 is 0 Å². The lowest BCUT2D eigenvalue weighted by atomic mass is 10.5. The second-order valence-corrected chi connectivity index (χ2v) is 9.19. The summed E-state index contributed by atoms with van der Waals surface area (Å²) in [6.45, 7) is 6.85. The number of thioether (sulfide) groups is 1. The van der Waals surface area contributed by atoms with Gasteiger partial charge in [-0.2, -0.15) is 9.50 Å². The van der Waals surface area contributed by atoms with Crippen LogP contribution in [0.4, 0.5) is 0 Å². The quantitative estimate of drug-likeness (QED) is 0.324. The fourth-order valence-electron chi connectivity index (χ4n) is 1.82. The zero-order valence-electron chi connectivity index (χ0n) is 13.7. The summed E-state index contributed by atoms with van der Waals surface area (Å²) in [6.07, 6.45) is 1.01. The second kappa shape index (κ2) is 8.74. The van der Waals surface area contributed by atoms with E-state index < -0.39 is 26.9 Å². The molecule has 1 atom stereocenters. The van der Waals surface area contributed by atoms with Crippen LogP contribution in [0.25, 0.3) is 5.78 Å². The van der Waals surface area contributed by atoms with Gasteiger partial charge in [0.2, 0.25) is 11.1 Å². The summed E-state index contributed by atoms with van der Waals surface area (Å²) in [5, 5.41) is 5.01. The van der Waals surface area contributed by atoms with Crippen LogP contribution in [0.15, 0.2) is 23.9 Å². The van der Waals surface area contributed by atoms with Gasteiger partial charge >= 0.3 is 0 Å². The first-order chi connectivity index (χ1) is 11.8. The molecule has 2 rings (SSSR count). The molecule has 25 heavy (non-hydrogen) atoms. The van der Waals surface area contributed by atoms with Crippen LogP contribution in [0.5, 0.6) is 0 Å². The van der Waals surface area contributed by atoms with Crippen molar-refractivity contribution in [2.75, 3.05) is 23.4 Å². The van der Waals surface area contributed by atoms with Crippen LogP contribution in [0.1, 0.15) is 11.5 Å². The highest BCUT2D eigenvalue weighted by atomic mass is 32.2. The third-order valence-electron chi connectivity index (χ3n) is 2.78. The number of fused-ring (bicyclic) bond motifs is 1. The molecule has 0 fully saturated rings. The number of hydrogen-bond acceptors (Lipinski definition) is 9. The first kappa shape index (κ1) is 19.8. The Kier molecular flexibility index (Phi) is 6.93. The van der Waals surface area contributed by atoms with Gasteiger partial charge in [0.1, 0.15) is 16.8 Å². The van der Waals surface area contributed by atoms with Gasteiger partial charge in [-0.15, -0.1) is 16.9 Å². The molecular weight excluding hydrogens is 388 g/mol. The van der Waals surface area contributed by atoms with Gasteiger partial charge in [-0.25, -0.2) is 17.6 Å². The van der Waals surface area contributed by atoms with E-state index in [4.69, 9.17) is 4.74 Å². The highest BCUT2D eigenvalue weighted by Gasteiger charge is 2.14. The molecule has 0 amide bonds. The normalized spacial score (nSPS) is 13.0. The minimum Gasteiger partial charge on any atom is -0.407 e. The molecule has 2 aromatic heterocycles. The fourth-order valence-corrected chi connectivity index (χ4v) is 4.87. The van der Waals surface area contributed by atoms with E-state index in [0.717, 1.165) is 17.0 Å². The molecule has 138 valence electrons. The maximum atomic E-state index is 11.9. The predicted octanol–water partition coefficient (Wildman–Crippen LogP) is 1.00. The molecule has 9 nitrogen and oxygen atoms in total. The molecule has 1 unspecified atom stereocenters. The maximum Gasteiger partial charge on any atom is 0.253 e. The van der Waals surface area contributed by atoms with Crippen LogP contribution in [-0.4, -0.2) is 55.6 Å². The molecule has 0 aliphatic rings. The topological polar surface area (TPSA) is 113 Å². The van der Waals surface area contributed by atoms with Crippen molar-refractivity contribution in [2.24, 2.45) is 0 Å². The SMILES string of the molecule is C=COS(=O)COCS(=O)(=O)CCSc1cc(C)nc2nc(C)nn12. The molecule has 0 radical (unpaired) electrons. The summed E-state index contributed by atoms with van der Waals surface area (Å²) in [7, 11) is -3.44. The van der Waals surface area contributed by atoms with Gasteiger partial charge in [0, 0.05) is 11.4 Å². The van der Waals surface area contributed by atoms with Crippen molar-refractivity contribution < 1.29 is 21.5 Å². The Balaban J connectivity index is 1.89. The lowest BCUT2D eigenvalue weighted by molar-refractivity contribution is 0.222. The van der Waals surface area contributed by atoms with E-state index in [9.17, 15) is 12.6 Å². The van der Waals surface area contributed by atoms with Crippen molar-refractivity contribution in [3.8, 4) is 0 Å². The molecule has 0 aromatic carbocycles. The smallest absolute Gasteiger partial charge is 0.253 e. The third-order valence-corrected chi connectivity index (χ3v) is 6.09. The number of ether oxygens (including phenoxy) is 1. The second-order valence-electron chi connectivity index (χ2n) is 4.91. The molecule has 0 saturated carbocycles. The third kappa shape index (κ3) is 6.06. The molecule has 0 aliphatic heterocycles. The Morgan fingerprint density at radius 2 is 2.16 bits per heavy atom. The average Bonchev–Trinajstić information content (AvgIpc) is 2.87. The summed E-state index contributed by atoms with van der Waals surface area (Å²) in [5.41, 5.74) is 0.776. The Labute approximate surface area is 152 Å². The van der Waals surface area contributed by atoms with E-state index in [2.05, 4.69) is 25.8 Å². The molecular formula is C13H18N4O5S3. The Morgan fingerprint density at radius 1 is 1.40 bits per heavy atom. The summed E-state index contributed by atoms with van der Waals surface area (Å²) in [6, 6.07) is 1.82. The fraction of sp³-hybridized carbons (Fsp3) is 0.462.